The Morgan fingerprint density at radius 2 is 2.06 bits per heavy atom. The minimum absolute atomic E-state index is 0.346. The van der Waals surface area contributed by atoms with E-state index in [4.69, 9.17) is 4.74 Å². The highest BCUT2D eigenvalue weighted by Crippen LogP contribution is 2.50. The Balaban J connectivity index is 1.13. The van der Waals surface area contributed by atoms with Crippen LogP contribution in [0.3, 0.4) is 0 Å². The van der Waals surface area contributed by atoms with Crippen molar-refractivity contribution in [3.8, 4) is 0 Å². The first kappa shape index (κ1) is 22.4. The van der Waals surface area contributed by atoms with E-state index in [0.717, 1.165) is 56.1 Å². The van der Waals surface area contributed by atoms with E-state index >= 15 is 0 Å². The molecule has 0 aromatic rings. The molecule has 0 aromatic heterocycles. The highest BCUT2D eigenvalue weighted by atomic mass is 16.5. The normalized spacial score (nSPS) is 47.6. The number of piperidine rings is 4. The minimum atomic E-state index is 0.346. The summed E-state index contributed by atoms with van der Waals surface area (Å²) in [6, 6.07) is 2.15. The number of hydrogen-bond donors (Lipinski definition) is 3. The lowest BCUT2D eigenvalue weighted by atomic mass is 9.66. The van der Waals surface area contributed by atoms with Gasteiger partial charge in [0.15, 0.2) is 0 Å². The Morgan fingerprint density at radius 1 is 1.21 bits per heavy atom. The molecule has 0 amide bonds. The van der Waals surface area contributed by atoms with Crippen molar-refractivity contribution in [2.24, 2.45) is 17.8 Å². The lowest BCUT2D eigenvalue weighted by Gasteiger charge is -2.65. The predicted molar refractivity (Wildman–Crippen MR) is 134 cm³/mol. The van der Waals surface area contributed by atoms with Crippen molar-refractivity contribution in [1.82, 2.24) is 15.1 Å². The molecule has 4 bridgehead atoms. The van der Waals surface area contributed by atoms with Gasteiger partial charge in [-0.15, -0.1) is 0 Å². The molecule has 0 radical (unpaired) electrons. The van der Waals surface area contributed by atoms with Crippen LogP contribution in [0.25, 0.3) is 0 Å². The maximum absolute atomic E-state index is 5.64. The van der Waals surface area contributed by atoms with Crippen LogP contribution in [0.5, 0.6) is 0 Å². The molecule has 1 saturated carbocycles. The zero-order chi connectivity index (χ0) is 22.9. The molecule has 8 unspecified atom stereocenters. The van der Waals surface area contributed by atoms with Gasteiger partial charge >= 0.3 is 0 Å². The largest absolute Gasteiger partial charge is 0.370 e. The molecule has 7 fully saturated rings. The molecule has 6 nitrogen and oxygen atoms in total. The van der Waals surface area contributed by atoms with E-state index in [1.165, 1.54) is 83.6 Å². The Labute approximate surface area is 206 Å². The molecular formula is C28H47N5O+2. The summed E-state index contributed by atoms with van der Waals surface area (Å²) >= 11 is 0. The second kappa shape index (κ2) is 8.67. The number of hydrogen-bond acceptors (Lipinski definition) is 4. The molecule has 1 spiro atoms. The molecule has 8 atom stereocenters. The number of nitrogens with zero attached hydrogens (tertiary/aromatic N) is 2. The molecular weight excluding hydrogens is 422 g/mol. The predicted octanol–water partition coefficient (Wildman–Crippen LogP) is -0.835. The quantitative estimate of drug-likeness (QED) is 0.470. The number of ether oxygens (including phenoxy) is 1. The first-order chi connectivity index (χ1) is 16.6. The first-order valence-corrected chi connectivity index (χ1v) is 14.5. The second-order valence-electron chi connectivity index (χ2n) is 13.0. The summed E-state index contributed by atoms with van der Waals surface area (Å²) in [5.74, 6) is 2.41. The van der Waals surface area contributed by atoms with Crippen LogP contribution in [0.4, 0.5) is 0 Å². The monoisotopic (exact) mass is 469 g/mol. The van der Waals surface area contributed by atoms with Crippen molar-refractivity contribution in [2.45, 2.75) is 62.7 Å². The van der Waals surface area contributed by atoms with Gasteiger partial charge < -0.3 is 19.9 Å². The van der Waals surface area contributed by atoms with Crippen LogP contribution in [0, 0.1) is 17.8 Å². The maximum atomic E-state index is 5.64. The van der Waals surface area contributed by atoms with E-state index in [9.17, 15) is 0 Å². The first-order valence-electron chi connectivity index (χ1n) is 14.5. The number of piperazine rings is 1. The summed E-state index contributed by atoms with van der Waals surface area (Å²) in [6.45, 7) is 20.1. The van der Waals surface area contributed by atoms with Gasteiger partial charge in [0.05, 0.1) is 38.9 Å². The molecule has 8 aliphatic rings. The van der Waals surface area contributed by atoms with Crippen LogP contribution in [-0.4, -0.2) is 106 Å². The van der Waals surface area contributed by atoms with Crippen molar-refractivity contribution in [2.75, 3.05) is 72.1 Å². The Morgan fingerprint density at radius 3 is 2.79 bits per heavy atom. The number of nitrogens with one attached hydrogen (secondary N) is 3. The van der Waals surface area contributed by atoms with Gasteiger partial charge in [-0.1, -0.05) is 13.0 Å². The zero-order valence-corrected chi connectivity index (χ0v) is 21.4. The Hall–Kier alpha value is -0.760. The molecule has 3 N–H and O–H groups in total. The lowest BCUT2D eigenvalue weighted by Crippen LogP contribution is -3.15. The summed E-state index contributed by atoms with van der Waals surface area (Å²) in [5.41, 5.74) is 3.57. The molecule has 0 aromatic carbocycles. The van der Waals surface area contributed by atoms with Gasteiger partial charge in [-0.3, -0.25) is 9.80 Å². The van der Waals surface area contributed by atoms with Gasteiger partial charge in [0.1, 0.15) is 18.8 Å². The van der Waals surface area contributed by atoms with Gasteiger partial charge in [-0.25, -0.2) is 0 Å². The van der Waals surface area contributed by atoms with Crippen molar-refractivity contribution < 1.29 is 14.5 Å². The van der Waals surface area contributed by atoms with Crippen molar-refractivity contribution >= 4 is 0 Å². The van der Waals surface area contributed by atoms with Crippen LogP contribution < -0.4 is 15.1 Å². The standard InChI is InChI=1S/C28H45N5O/c1-20-11-22-12-23(17-30(15-20)16-22)27-14-29-18-28(33(27)25-3-4-25)19-32-6-5-24(28)13-26(32)21(2)31-7-9-34-10-8-31/h11,20,23-27,29H,2-10,12-19H2,1H3/p+2. The molecule has 7 heterocycles. The van der Waals surface area contributed by atoms with E-state index in [-0.39, 0.29) is 0 Å². The number of rotatable bonds is 4. The molecule has 188 valence electrons. The molecule has 6 heteroatoms. The summed E-state index contributed by atoms with van der Waals surface area (Å²) < 4.78 is 5.64. The minimum Gasteiger partial charge on any atom is -0.370 e. The second-order valence-corrected chi connectivity index (χ2v) is 13.0. The van der Waals surface area contributed by atoms with Crippen LogP contribution >= 0.6 is 0 Å². The highest BCUT2D eigenvalue weighted by molar-refractivity contribution is 5.20. The SMILES string of the molecule is C=C(C1CC2CCN1CC21CNCC(C2CC3=CC(C)C[NH+](C3)C2)N1C1CC1)[NH+]1CCOCC1. The molecule has 8 rings (SSSR count). The third-order valence-corrected chi connectivity index (χ3v) is 10.7. The summed E-state index contributed by atoms with van der Waals surface area (Å²) in [6.07, 6.45) is 9.55. The average molecular weight is 470 g/mol. The topological polar surface area (TPSA) is 36.6 Å². The fourth-order valence-corrected chi connectivity index (χ4v) is 9.26. The van der Waals surface area contributed by atoms with Gasteiger partial charge in [-0.2, -0.15) is 0 Å². The van der Waals surface area contributed by atoms with Crippen LogP contribution in [0.2, 0.25) is 0 Å². The summed E-state index contributed by atoms with van der Waals surface area (Å²) in [5, 5.41) is 4.03. The number of morpholine rings is 1. The lowest BCUT2D eigenvalue weighted by molar-refractivity contribution is -0.907. The zero-order valence-electron chi connectivity index (χ0n) is 21.4. The third kappa shape index (κ3) is 3.75. The van der Waals surface area contributed by atoms with Crippen LogP contribution in [0.1, 0.15) is 39.0 Å². The van der Waals surface area contributed by atoms with Crippen molar-refractivity contribution in [1.29, 1.82) is 0 Å². The fraction of sp³-hybridized carbons (Fsp3) is 0.857. The van der Waals surface area contributed by atoms with E-state index in [0.29, 0.717) is 11.6 Å². The number of quaternary nitrogens is 2. The fourth-order valence-electron chi connectivity index (χ4n) is 9.26. The van der Waals surface area contributed by atoms with Gasteiger partial charge in [0.25, 0.3) is 0 Å². The van der Waals surface area contributed by atoms with Crippen LogP contribution in [-0.2, 0) is 4.74 Å². The summed E-state index contributed by atoms with van der Waals surface area (Å²) in [7, 11) is 0. The van der Waals surface area contributed by atoms with E-state index in [2.05, 4.69) is 34.7 Å². The third-order valence-electron chi connectivity index (χ3n) is 10.7. The molecule has 7 aliphatic heterocycles. The van der Waals surface area contributed by atoms with Gasteiger partial charge in [-0.05, 0) is 56.7 Å². The highest BCUT2D eigenvalue weighted by Gasteiger charge is 2.61. The van der Waals surface area contributed by atoms with Gasteiger partial charge in [0.2, 0.25) is 0 Å². The maximum Gasteiger partial charge on any atom is 0.117 e. The Bertz CT molecular complexity index is 835. The Kier molecular flexibility index (Phi) is 5.72. The smallest absolute Gasteiger partial charge is 0.117 e. The summed E-state index contributed by atoms with van der Waals surface area (Å²) in [4.78, 5) is 9.48. The number of fused-ring (bicyclic) bond motifs is 4. The average Bonchev–Trinajstić information content (AvgIpc) is 3.68. The van der Waals surface area contributed by atoms with E-state index in [1.807, 2.05) is 4.90 Å². The van der Waals surface area contributed by atoms with E-state index in [1.54, 1.807) is 10.5 Å². The molecule has 1 aliphatic carbocycles. The molecule has 34 heavy (non-hydrogen) atoms. The van der Waals surface area contributed by atoms with Crippen molar-refractivity contribution in [3.05, 3.63) is 23.9 Å². The van der Waals surface area contributed by atoms with Crippen LogP contribution in [0.15, 0.2) is 23.9 Å². The van der Waals surface area contributed by atoms with Gasteiger partial charge in [0, 0.05) is 49.1 Å². The molecule has 6 saturated heterocycles. The van der Waals surface area contributed by atoms with Crippen molar-refractivity contribution in [3.63, 3.8) is 0 Å². The van der Waals surface area contributed by atoms with E-state index < -0.39 is 0 Å².